The lowest BCUT2D eigenvalue weighted by atomic mass is 11.4. The number of nitrogens with zero attached hydrogens (tertiary/aromatic N) is 2. The predicted octanol–water partition coefficient (Wildman–Crippen LogP) is -0.270. The van der Waals surface area contributed by atoms with Crippen LogP contribution in [0.3, 0.4) is 0 Å². The number of hydroxylamine groups is 1. The van der Waals surface area contributed by atoms with Crippen molar-refractivity contribution in [1.82, 2.24) is 5.17 Å². The van der Waals surface area contributed by atoms with Gasteiger partial charge >= 0.3 is 0 Å². The maximum absolute atomic E-state index is 9.36. The number of hydrazone groups is 1. The van der Waals surface area contributed by atoms with Crippen LogP contribution in [0.2, 0.25) is 0 Å². The smallest absolute Gasteiger partial charge is 0.259 e. The van der Waals surface area contributed by atoms with E-state index in [0.717, 1.165) is 5.17 Å². The van der Waals surface area contributed by atoms with E-state index in [1.165, 1.54) is 20.2 Å². The summed E-state index contributed by atoms with van der Waals surface area (Å²) in [5, 5.41) is 4.06. The van der Waals surface area contributed by atoms with Crippen molar-refractivity contribution in [3.8, 4) is 0 Å². The van der Waals surface area contributed by atoms with Crippen LogP contribution in [0.25, 0.3) is 0 Å². The van der Waals surface area contributed by atoms with Gasteiger partial charge in [0, 0.05) is 0 Å². The molecule has 0 fully saturated rings. The summed E-state index contributed by atoms with van der Waals surface area (Å²) in [6.07, 6.45) is 1.29. The second kappa shape index (κ2) is 3.33. The first-order chi connectivity index (χ1) is 3.31. The Labute approximate surface area is 41.3 Å². The lowest BCUT2D eigenvalue weighted by Gasteiger charge is -2.02. The van der Waals surface area contributed by atoms with E-state index in [1.54, 1.807) is 0 Å². The molecule has 4 heteroatoms. The van der Waals surface area contributed by atoms with E-state index in [4.69, 9.17) is 0 Å². The molecule has 0 amide bonds. The van der Waals surface area contributed by atoms with Crippen molar-refractivity contribution in [2.45, 2.75) is 0 Å². The van der Waals surface area contributed by atoms with Gasteiger partial charge < -0.3 is 0 Å². The quantitative estimate of drug-likeness (QED) is 0.274. The molecule has 0 N–H and O–H groups in total. The number of rotatable bonds is 2. The van der Waals surface area contributed by atoms with Crippen LogP contribution in [0.4, 0.5) is 0 Å². The first-order valence-corrected chi connectivity index (χ1v) is 1.67. The summed E-state index contributed by atoms with van der Waals surface area (Å²) in [4.78, 5) is 13.8. The maximum Gasteiger partial charge on any atom is 0.260 e. The largest absolute Gasteiger partial charge is 0.260 e. The third-order valence-corrected chi connectivity index (χ3v) is 0.446. The molecule has 0 aromatic carbocycles. The molecule has 0 atom stereocenters. The average molecular weight is 102 g/mol. The molecule has 0 saturated heterocycles. The van der Waals surface area contributed by atoms with Gasteiger partial charge in [0.25, 0.3) is 6.08 Å². The molecule has 0 bridgehead atoms. The molecule has 0 aromatic rings. The molecular formula is C3H6N2O2. The van der Waals surface area contributed by atoms with Gasteiger partial charge in [-0.2, -0.15) is 5.17 Å². The minimum absolute atomic E-state index is 1.01. The summed E-state index contributed by atoms with van der Waals surface area (Å²) >= 11 is 0. The summed E-state index contributed by atoms with van der Waals surface area (Å²) in [7, 11) is 2.89. The number of carbonyl (C=O) groups excluding carboxylic acids is 1. The fraction of sp³-hybridized carbons (Fsp3) is 0.667. The molecule has 40 valence electrons. The number of isocyanates is 1. The zero-order chi connectivity index (χ0) is 5.70. The van der Waals surface area contributed by atoms with Crippen LogP contribution in [0.5, 0.6) is 0 Å². The van der Waals surface area contributed by atoms with Crippen LogP contribution in [0.15, 0.2) is 5.10 Å². The fourth-order valence-electron chi connectivity index (χ4n) is 0.0983. The number of hydrogen-bond acceptors (Lipinski definition) is 4. The third-order valence-electron chi connectivity index (χ3n) is 0.446. The van der Waals surface area contributed by atoms with Crippen molar-refractivity contribution in [2.75, 3.05) is 14.2 Å². The minimum atomic E-state index is 1.01. The molecule has 0 unspecified atom stereocenters. The van der Waals surface area contributed by atoms with E-state index in [2.05, 4.69) is 9.94 Å². The van der Waals surface area contributed by atoms with E-state index in [0.29, 0.717) is 0 Å². The highest BCUT2D eigenvalue weighted by Crippen LogP contribution is 1.75. The average Bonchev–Trinajstić information content (AvgIpc) is 1.68. The van der Waals surface area contributed by atoms with Crippen molar-refractivity contribution < 1.29 is 9.63 Å². The molecule has 0 spiro atoms. The summed E-state index contributed by atoms with van der Waals surface area (Å²) < 4.78 is 0. The van der Waals surface area contributed by atoms with Crippen LogP contribution in [0.1, 0.15) is 0 Å². The Kier molecular flexibility index (Phi) is 2.92. The molecule has 0 aromatic heterocycles. The lowest BCUT2D eigenvalue weighted by molar-refractivity contribution is -0.107. The molecule has 0 saturated carbocycles. The zero-order valence-corrected chi connectivity index (χ0v) is 4.21. The molecule has 7 heavy (non-hydrogen) atoms. The normalized spacial score (nSPS) is 7.14. The molecule has 0 heterocycles. The van der Waals surface area contributed by atoms with Gasteiger partial charge in [-0.05, 0) is 0 Å². The Hall–Kier alpha value is -0.860. The molecule has 0 radical (unpaired) electrons. The Morgan fingerprint density at radius 1 is 1.86 bits per heavy atom. The Bertz CT molecular complexity index is 86.9. The van der Waals surface area contributed by atoms with Crippen molar-refractivity contribution in [3.05, 3.63) is 0 Å². The standard InChI is InChI=1S/C3H6N2O2/c1-5(7-2)4-3-6/h1-2H3. The van der Waals surface area contributed by atoms with Crippen molar-refractivity contribution in [2.24, 2.45) is 5.10 Å². The highest BCUT2D eigenvalue weighted by atomic mass is 16.7. The zero-order valence-electron chi connectivity index (χ0n) is 4.21. The van der Waals surface area contributed by atoms with Crippen molar-refractivity contribution >= 4 is 6.08 Å². The van der Waals surface area contributed by atoms with Gasteiger partial charge in [-0.15, -0.1) is 0 Å². The Balaban J connectivity index is 3.35. The maximum atomic E-state index is 9.36. The Morgan fingerprint density at radius 2 is 2.43 bits per heavy atom. The second-order valence-corrected chi connectivity index (χ2v) is 0.838. The molecule has 0 aliphatic heterocycles. The van der Waals surface area contributed by atoms with Crippen molar-refractivity contribution in [1.29, 1.82) is 0 Å². The van der Waals surface area contributed by atoms with Crippen LogP contribution in [-0.4, -0.2) is 25.4 Å². The summed E-state index contributed by atoms with van der Waals surface area (Å²) in [6, 6.07) is 0. The second-order valence-electron chi connectivity index (χ2n) is 0.838. The minimum Gasteiger partial charge on any atom is -0.259 e. The summed E-state index contributed by atoms with van der Waals surface area (Å²) in [5.74, 6) is 0. The van der Waals surface area contributed by atoms with Gasteiger partial charge in [0.1, 0.15) is 0 Å². The van der Waals surface area contributed by atoms with Gasteiger partial charge in [-0.3, -0.25) is 4.84 Å². The van der Waals surface area contributed by atoms with Crippen LogP contribution < -0.4 is 0 Å². The Morgan fingerprint density at radius 3 is 2.57 bits per heavy atom. The van der Waals surface area contributed by atoms with Crippen LogP contribution in [-0.2, 0) is 9.63 Å². The molecular weight excluding hydrogens is 96.0 g/mol. The van der Waals surface area contributed by atoms with E-state index in [9.17, 15) is 4.79 Å². The first kappa shape index (κ1) is 6.14. The third kappa shape index (κ3) is 2.96. The summed E-state index contributed by atoms with van der Waals surface area (Å²) in [5.41, 5.74) is 0. The van der Waals surface area contributed by atoms with Gasteiger partial charge in [-0.1, -0.05) is 5.10 Å². The molecule has 4 nitrogen and oxygen atoms in total. The van der Waals surface area contributed by atoms with E-state index < -0.39 is 0 Å². The SMILES string of the molecule is CON(C)N=C=O. The molecule has 0 aliphatic rings. The highest BCUT2D eigenvalue weighted by molar-refractivity contribution is 5.31. The number of hydrogen-bond donors (Lipinski definition) is 0. The highest BCUT2D eigenvalue weighted by Gasteiger charge is 1.79. The van der Waals surface area contributed by atoms with Gasteiger partial charge in [0.2, 0.25) is 0 Å². The lowest BCUT2D eigenvalue weighted by Crippen LogP contribution is -2.06. The van der Waals surface area contributed by atoms with Gasteiger partial charge in [-0.25, -0.2) is 4.79 Å². The van der Waals surface area contributed by atoms with Crippen LogP contribution in [0, 0.1) is 0 Å². The molecule has 0 aliphatic carbocycles. The fourth-order valence-corrected chi connectivity index (χ4v) is 0.0983. The molecule has 0 rings (SSSR count). The van der Waals surface area contributed by atoms with E-state index in [1.807, 2.05) is 0 Å². The monoisotopic (exact) mass is 102 g/mol. The van der Waals surface area contributed by atoms with Crippen LogP contribution >= 0.6 is 0 Å². The topological polar surface area (TPSA) is 41.9 Å². The van der Waals surface area contributed by atoms with Gasteiger partial charge in [0.05, 0.1) is 14.2 Å². The van der Waals surface area contributed by atoms with E-state index >= 15 is 0 Å². The predicted molar refractivity (Wildman–Crippen MR) is 22.9 cm³/mol. The first-order valence-electron chi connectivity index (χ1n) is 1.67. The van der Waals surface area contributed by atoms with Crippen molar-refractivity contribution in [3.63, 3.8) is 0 Å². The van der Waals surface area contributed by atoms with E-state index in [-0.39, 0.29) is 0 Å². The summed E-state index contributed by atoms with van der Waals surface area (Å²) in [6.45, 7) is 0. The van der Waals surface area contributed by atoms with Gasteiger partial charge in [0.15, 0.2) is 0 Å².